The van der Waals surface area contributed by atoms with Crippen LogP contribution in [0.3, 0.4) is 0 Å². The number of anilines is 1. The summed E-state index contributed by atoms with van der Waals surface area (Å²) in [6, 6.07) is 8.23. The lowest BCUT2D eigenvalue weighted by Gasteiger charge is -2.06. The fourth-order valence-corrected chi connectivity index (χ4v) is 2.95. The first-order valence-corrected chi connectivity index (χ1v) is 8.06. The number of hydrogen-bond donors (Lipinski definition) is 1. The molecule has 0 saturated heterocycles. The minimum atomic E-state index is -0.637. The van der Waals surface area contributed by atoms with Gasteiger partial charge >= 0.3 is 5.97 Å². The van der Waals surface area contributed by atoms with Gasteiger partial charge in [0.2, 0.25) is 5.43 Å². The maximum atomic E-state index is 12.4. The van der Waals surface area contributed by atoms with Crippen molar-refractivity contribution in [3.63, 3.8) is 0 Å². The highest BCUT2D eigenvalue weighted by Crippen LogP contribution is 2.24. The van der Waals surface area contributed by atoms with E-state index in [2.05, 4.69) is 5.32 Å². The quantitative estimate of drug-likeness (QED) is 0.735. The molecule has 0 saturated carbocycles. The monoisotopic (exact) mass is 343 g/mol. The van der Waals surface area contributed by atoms with Gasteiger partial charge in [0.1, 0.15) is 22.4 Å². The van der Waals surface area contributed by atoms with E-state index in [4.69, 9.17) is 9.15 Å². The normalized spacial score (nSPS) is 10.5. The number of carbonyl (C=O) groups excluding carboxylic acids is 2. The van der Waals surface area contributed by atoms with Crippen LogP contribution in [0.2, 0.25) is 0 Å². The number of fused-ring (bicyclic) bond motifs is 1. The first-order valence-electron chi connectivity index (χ1n) is 7.18. The van der Waals surface area contributed by atoms with Crippen LogP contribution in [0, 0.1) is 0 Å². The second-order valence-electron chi connectivity index (χ2n) is 4.81. The van der Waals surface area contributed by atoms with Crippen LogP contribution in [-0.2, 0) is 4.74 Å². The third kappa shape index (κ3) is 2.93. The van der Waals surface area contributed by atoms with E-state index < -0.39 is 17.3 Å². The zero-order valence-electron chi connectivity index (χ0n) is 12.7. The number of ether oxygens (including phenoxy) is 1. The van der Waals surface area contributed by atoms with Crippen LogP contribution >= 0.6 is 11.3 Å². The van der Waals surface area contributed by atoms with Crippen molar-refractivity contribution in [3.05, 3.63) is 63.3 Å². The molecular formula is C17H13NO5S. The summed E-state index contributed by atoms with van der Waals surface area (Å²) in [5, 5.41) is 4.87. The number of hydrogen-bond acceptors (Lipinski definition) is 6. The molecule has 0 bridgehead atoms. The van der Waals surface area contributed by atoms with E-state index in [-0.39, 0.29) is 17.7 Å². The smallest absolute Gasteiger partial charge is 0.341 e. The van der Waals surface area contributed by atoms with Gasteiger partial charge in [0.15, 0.2) is 0 Å². The van der Waals surface area contributed by atoms with Crippen LogP contribution < -0.4 is 10.7 Å². The number of carbonyl (C=O) groups is 2. The molecule has 0 spiro atoms. The molecule has 0 atom stereocenters. The number of rotatable bonds is 4. The van der Waals surface area contributed by atoms with Crippen molar-refractivity contribution in [3.8, 4) is 0 Å². The average Bonchev–Trinajstić information content (AvgIpc) is 3.03. The van der Waals surface area contributed by atoms with Gasteiger partial charge in [-0.1, -0.05) is 12.1 Å². The number of thiophene rings is 1. The van der Waals surface area contributed by atoms with E-state index in [9.17, 15) is 14.4 Å². The van der Waals surface area contributed by atoms with Gasteiger partial charge in [0, 0.05) is 0 Å². The highest BCUT2D eigenvalue weighted by atomic mass is 32.1. The van der Waals surface area contributed by atoms with Gasteiger partial charge in [-0.25, -0.2) is 4.79 Å². The van der Waals surface area contributed by atoms with E-state index in [1.807, 2.05) is 0 Å². The Labute approximate surface area is 140 Å². The topological polar surface area (TPSA) is 85.6 Å². The summed E-state index contributed by atoms with van der Waals surface area (Å²) in [4.78, 5) is 36.6. The number of esters is 1. The van der Waals surface area contributed by atoms with Crippen molar-refractivity contribution in [2.75, 3.05) is 11.9 Å². The summed E-state index contributed by atoms with van der Waals surface area (Å²) in [7, 11) is 0. The summed E-state index contributed by atoms with van der Waals surface area (Å²) >= 11 is 1.17. The predicted octanol–water partition coefficient (Wildman–Crippen LogP) is 3.28. The van der Waals surface area contributed by atoms with Gasteiger partial charge in [0.25, 0.3) is 5.91 Å². The van der Waals surface area contributed by atoms with Crippen molar-refractivity contribution >= 4 is 39.2 Å². The molecule has 0 unspecified atom stereocenters. The molecule has 2 heterocycles. The van der Waals surface area contributed by atoms with Gasteiger partial charge in [-0.05, 0) is 30.5 Å². The van der Waals surface area contributed by atoms with Crippen molar-refractivity contribution in [1.82, 2.24) is 0 Å². The molecule has 122 valence electrons. The second kappa shape index (κ2) is 6.67. The Bertz CT molecular complexity index is 972. The Balaban J connectivity index is 1.92. The summed E-state index contributed by atoms with van der Waals surface area (Å²) in [5.74, 6) is -1.16. The third-order valence-electron chi connectivity index (χ3n) is 3.31. The fraction of sp³-hybridized carbons (Fsp3) is 0.118. The maximum absolute atomic E-state index is 12.4. The van der Waals surface area contributed by atoms with Gasteiger partial charge in [-0.2, -0.15) is 0 Å². The molecule has 24 heavy (non-hydrogen) atoms. The SMILES string of the molecule is CCOC(=O)c1ccsc1NC(=O)c1coc2ccccc2c1=O. The van der Waals surface area contributed by atoms with Crippen molar-refractivity contribution in [1.29, 1.82) is 0 Å². The van der Waals surface area contributed by atoms with E-state index in [0.717, 1.165) is 6.26 Å². The molecule has 2 aromatic heterocycles. The number of benzene rings is 1. The highest BCUT2D eigenvalue weighted by molar-refractivity contribution is 7.14. The largest absolute Gasteiger partial charge is 0.463 e. The Morgan fingerprint density at radius 3 is 2.79 bits per heavy atom. The molecule has 0 radical (unpaired) electrons. The molecule has 0 aliphatic rings. The van der Waals surface area contributed by atoms with E-state index in [0.29, 0.717) is 16.0 Å². The molecule has 7 heteroatoms. The zero-order chi connectivity index (χ0) is 17.1. The lowest BCUT2D eigenvalue weighted by Crippen LogP contribution is -2.21. The molecule has 6 nitrogen and oxygen atoms in total. The minimum absolute atomic E-state index is 0.128. The molecule has 1 aromatic carbocycles. The van der Waals surface area contributed by atoms with Crippen LogP contribution in [0.1, 0.15) is 27.6 Å². The van der Waals surface area contributed by atoms with Crippen molar-refractivity contribution in [2.24, 2.45) is 0 Å². The van der Waals surface area contributed by atoms with Crippen LogP contribution in [-0.4, -0.2) is 18.5 Å². The Morgan fingerprint density at radius 1 is 1.21 bits per heavy atom. The molecule has 0 aliphatic carbocycles. The summed E-state index contributed by atoms with van der Waals surface area (Å²) in [6.45, 7) is 1.93. The second-order valence-corrected chi connectivity index (χ2v) is 5.73. The van der Waals surface area contributed by atoms with Gasteiger partial charge in [-0.15, -0.1) is 11.3 Å². The molecule has 1 amide bonds. The van der Waals surface area contributed by atoms with Crippen LogP contribution in [0.15, 0.2) is 51.2 Å². The van der Waals surface area contributed by atoms with Gasteiger partial charge < -0.3 is 14.5 Å². The first kappa shape index (κ1) is 15.9. The lowest BCUT2D eigenvalue weighted by atomic mass is 10.1. The Morgan fingerprint density at radius 2 is 2.00 bits per heavy atom. The molecule has 0 fully saturated rings. The summed E-state index contributed by atoms with van der Waals surface area (Å²) < 4.78 is 10.3. The number of amides is 1. The summed E-state index contributed by atoms with van der Waals surface area (Å²) in [6.07, 6.45) is 1.12. The predicted molar refractivity (Wildman–Crippen MR) is 90.7 cm³/mol. The van der Waals surface area contributed by atoms with Crippen LogP contribution in [0.25, 0.3) is 11.0 Å². The third-order valence-corrected chi connectivity index (χ3v) is 4.14. The van der Waals surface area contributed by atoms with Gasteiger partial charge in [0.05, 0.1) is 17.6 Å². The molecule has 0 aliphatic heterocycles. The molecule has 1 N–H and O–H groups in total. The molecule has 3 rings (SSSR count). The molecular weight excluding hydrogens is 330 g/mol. The van der Waals surface area contributed by atoms with Gasteiger partial charge in [-0.3, -0.25) is 9.59 Å². The van der Waals surface area contributed by atoms with E-state index in [1.165, 1.54) is 11.3 Å². The van der Waals surface area contributed by atoms with E-state index in [1.54, 1.807) is 42.6 Å². The zero-order valence-corrected chi connectivity index (χ0v) is 13.5. The standard InChI is InChI=1S/C17H13NO5S/c1-2-22-17(21)11-7-8-24-16(11)18-15(20)12-9-23-13-6-4-3-5-10(13)14(12)19/h3-9H,2H2,1H3,(H,18,20). The highest BCUT2D eigenvalue weighted by Gasteiger charge is 2.19. The number of para-hydroxylation sites is 1. The first-order chi connectivity index (χ1) is 11.6. The maximum Gasteiger partial charge on any atom is 0.341 e. The minimum Gasteiger partial charge on any atom is -0.463 e. The Kier molecular flexibility index (Phi) is 4.43. The number of nitrogens with one attached hydrogen (secondary N) is 1. The molecule has 3 aromatic rings. The fourth-order valence-electron chi connectivity index (χ4n) is 2.18. The summed E-state index contributed by atoms with van der Waals surface area (Å²) in [5.41, 5.74) is 0.100. The van der Waals surface area contributed by atoms with Crippen LogP contribution in [0.4, 0.5) is 5.00 Å². The lowest BCUT2D eigenvalue weighted by molar-refractivity contribution is 0.0528. The average molecular weight is 343 g/mol. The van der Waals surface area contributed by atoms with E-state index >= 15 is 0 Å². The Hall–Kier alpha value is -2.93. The van der Waals surface area contributed by atoms with Crippen LogP contribution in [0.5, 0.6) is 0 Å². The van der Waals surface area contributed by atoms with Crippen molar-refractivity contribution in [2.45, 2.75) is 6.92 Å². The van der Waals surface area contributed by atoms with Crippen molar-refractivity contribution < 1.29 is 18.7 Å².